The van der Waals surface area contributed by atoms with Crippen molar-refractivity contribution in [2.45, 2.75) is 38.6 Å². The lowest BCUT2D eigenvalue weighted by Gasteiger charge is -2.08. The summed E-state index contributed by atoms with van der Waals surface area (Å²) in [6.45, 7) is 0.759. The van der Waals surface area contributed by atoms with Crippen molar-refractivity contribution in [1.82, 2.24) is 9.55 Å². The van der Waals surface area contributed by atoms with Gasteiger partial charge in [-0.2, -0.15) is 0 Å². The van der Waals surface area contributed by atoms with E-state index in [1.165, 1.54) is 35.4 Å². The minimum Gasteiger partial charge on any atom is -0.492 e. The number of aromatic nitrogens is 2. The molecule has 2 heterocycles. The van der Waals surface area contributed by atoms with Crippen LogP contribution >= 0.6 is 11.3 Å². The van der Waals surface area contributed by atoms with Crippen LogP contribution in [0.3, 0.4) is 0 Å². The van der Waals surface area contributed by atoms with Crippen molar-refractivity contribution in [1.29, 1.82) is 0 Å². The Morgan fingerprint density at radius 1 is 1.16 bits per heavy atom. The lowest BCUT2D eigenvalue weighted by molar-refractivity contribution is 0.295. The molecule has 130 valence electrons. The highest BCUT2D eigenvalue weighted by atomic mass is 32.1. The zero-order valence-corrected chi connectivity index (χ0v) is 14.7. The van der Waals surface area contributed by atoms with E-state index in [0.717, 1.165) is 29.5 Å². The maximum Gasteiger partial charge on any atom is 0.262 e. The Bertz CT molecular complexity index is 946. The normalized spacial score (nSPS) is 14.3. The van der Waals surface area contributed by atoms with E-state index in [-0.39, 0.29) is 11.4 Å². The molecule has 0 spiro atoms. The van der Waals surface area contributed by atoms with Crippen molar-refractivity contribution in [3.05, 3.63) is 57.2 Å². The first kappa shape index (κ1) is 16.3. The molecule has 0 aliphatic heterocycles. The van der Waals surface area contributed by atoms with Crippen LogP contribution in [0.5, 0.6) is 5.75 Å². The zero-order valence-electron chi connectivity index (χ0n) is 13.8. The monoisotopic (exact) mass is 358 g/mol. The van der Waals surface area contributed by atoms with Gasteiger partial charge in [0.1, 0.15) is 23.0 Å². The van der Waals surface area contributed by atoms with Crippen molar-refractivity contribution >= 4 is 21.6 Å². The van der Waals surface area contributed by atoms with E-state index in [2.05, 4.69) is 4.98 Å². The van der Waals surface area contributed by atoms with Crippen LogP contribution in [0.1, 0.15) is 29.7 Å². The second-order valence-corrected chi connectivity index (χ2v) is 7.37. The van der Waals surface area contributed by atoms with Gasteiger partial charge in [0, 0.05) is 4.88 Å². The van der Waals surface area contributed by atoms with Crippen LogP contribution in [-0.2, 0) is 19.4 Å². The van der Waals surface area contributed by atoms with Gasteiger partial charge in [-0.05, 0) is 55.5 Å². The first-order chi connectivity index (χ1) is 12.2. The molecule has 2 aromatic heterocycles. The summed E-state index contributed by atoms with van der Waals surface area (Å²) in [5.41, 5.74) is 1.23. The van der Waals surface area contributed by atoms with Gasteiger partial charge in [0.05, 0.1) is 18.3 Å². The fourth-order valence-electron chi connectivity index (χ4n) is 3.31. The summed E-state index contributed by atoms with van der Waals surface area (Å²) in [6, 6.07) is 5.88. The third-order valence-electron chi connectivity index (χ3n) is 4.61. The van der Waals surface area contributed by atoms with E-state index in [1.807, 2.05) is 0 Å². The van der Waals surface area contributed by atoms with Gasteiger partial charge in [-0.3, -0.25) is 9.36 Å². The van der Waals surface area contributed by atoms with Gasteiger partial charge in [0.2, 0.25) is 0 Å². The van der Waals surface area contributed by atoms with Gasteiger partial charge in [-0.15, -0.1) is 11.3 Å². The number of rotatable bonds is 4. The van der Waals surface area contributed by atoms with E-state index >= 15 is 0 Å². The Kier molecular flexibility index (Phi) is 4.53. The van der Waals surface area contributed by atoms with Gasteiger partial charge < -0.3 is 4.74 Å². The van der Waals surface area contributed by atoms with Crippen LogP contribution in [0, 0.1) is 5.82 Å². The van der Waals surface area contributed by atoms with E-state index in [1.54, 1.807) is 34.4 Å². The Balaban J connectivity index is 1.55. The predicted molar refractivity (Wildman–Crippen MR) is 97.0 cm³/mol. The molecule has 0 N–H and O–H groups in total. The molecule has 4 nitrogen and oxygen atoms in total. The number of benzene rings is 1. The SMILES string of the molecule is O=c1c2c3c(sc2ncn1CCOc1ccc(F)cc1)CCCCC3. The number of ether oxygens (including phenoxy) is 1. The first-order valence-electron chi connectivity index (χ1n) is 8.60. The third kappa shape index (κ3) is 3.31. The quantitative estimate of drug-likeness (QED) is 0.664. The number of nitrogens with zero attached hydrogens (tertiary/aromatic N) is 2. The van der Waals surface area contributed by atoms with E-state index < -0.39 is 0 Å². The minimum atomic E-state index is -0.295. The highest BCUT2D eigenvalue weighted by Crippen LogP contribution is 2.32. The number of thiophene rings is 1. The summed E-state index contributed by atoms with van der Waals surface area (Å²) in [5, 5.41) is 0.797. The number of hydrogen-bond acceptors (Lipinski definition) is 4. The molecule has 3 aromatic rings. The highest BCUT2D eigenvalue weighted by molar-refractivity contribution is 7.18. The Hall–Kier alpha value is -2.21. The van der Waals surface area contributed by atoms with Crippen LogP contribution in [0.4, 0.5) is 4.39 Å². The van der Waals surface area contributed by atoms with Gasteiger partial charge in [-0.25, -0.2) is 9.37 Å². The smallest absolute Gasteiger partial charge is 0.262 e. The molecule has 0 atom stereocenters. The lowest BCUT2D eigenvalue weighted by atomic mass is 10.1. The third-order valence-corrected chi connectivity index (χ3v) is 5.81. The van der Waals surface area contributed by atoms with Crippen molar-refractivity contribution in [2.75, 3.05) is 6.61 Å². The van der Waals surface area contributed by atoms with Crippen molar-refractivity contribution in [2.24, 2.45) is 0 Å². The van der Waals surface area contributed by atoms with Crippen LogP contribution in [0.25, 0.3) is 10.2 Å². The van der Waals surface area contributed by atoms with Gasteiger partial charge in [0.25, 0.3) is 5.56 Å². The average molecular weight is 358 g/mol. The number of aryl methyl sites for hydroxylation is 2. The first-order valence-corrected chi connectivity index (χ1v) is 9.42. The van der Waals surface area contributed by atoms with Gasteiger partial charge >= 0.3 is 0 Å². The number of hydrogen-bond donors (Lipinski definition) is 0. The second-order valence-electron chi connectivity index (χ2n) is 6.29. The fraction of sp³-hybridized carbons (Fsp3) is 0.368. The number of halogens is 1. The Morgan fingerprint density at radius 3 is 2.80 bits per heavy atom. The van der Waals surface area contributed by atoms with Gasteiger partial charge in [0.15, 0.2) is 0 Å². The molecule has 0 saturated heterocycles. The van der Waals surface area contributed by atoms with Crippen LogP contribution in [-0.4, -0.2) is 16.2 Å². The Labute approximate surface area is 148 Å². The molecule has 6 heteroatoms. The minimum absolute atomic E-state index is 0.0205. The lowest BCUT2D eigenvalue weighted by Crippen LogP contribution is -2.23. The molecule has 1 aliphatic carbocycles. The molecule has 0 saturated carbocycles. The molecule has 1 aliphatic rings. The van der Waals surface area contributed by atoms with Gasteiger partial charge in [-0.1, -0.05) is 6.42 Å². The van der Waals surface area contributed by atoms with Crippen molar-refractivity contribution in [3.63, 3.8) is 0 Å². The highest BCUT2D eigenvalue weighted by Gasteiger charge is 2.19. The summed E-state index contributed by atoms with van der Waals surface area (Å²) < 4.78 is 20.1. The Morgan fingerprint density at radius 2 is 1.96 bits per heavy atom. The van der Waals surface area contributed by atoms with Crippen LogP contribution in [0.2, 0.25) is 0 Å². The average Bonchev–Trinajstić information content (AvgIpc) is 2.81. The molecular weight excluding hydrogens is 339 g/mol. The topological polar surface area (TPSA) is 44.1 Å². The van der Waals surface area contributed by atoms with Crippen molar-refractivity contribution in [3.8, 4) is 5.75 Å². The molecule has 1 aromatic carbocycles. The largest absolute Gasteiger partial charge is 0.492 e. The molecular formula is C19H19FN2O2S. The fourth-order valence-corrected chi connectivity index (χ4v) is 4.53. The summed E-state index contributed by atoms with van der Waals surface area (Å²) in [4.78, 5) is 19.6. The van der Waals surface area contributed by atoms with Crippen molar-refractivity contribution < 1.29 is 9.13 Å². The maximum absolute atomic E-state index is 12.9. The molecule has 25 heavy (non-hydrogen) atoms. The second kappa shape index (κ2) is 6.96. The number of fused-ring (bicyclic) bond motifs is 3. The summed E-state index contributed by atoms with van der Waals surface area (Å²) in [5.74, 6) is 0.296. The molecule has 4 rings (SSSR count). The van der Waals surface area contributed by atoms with Crippen LogP contribution in [0.15, 0.2) is 35.4 Å². The standard InChI is InChI=1S/C19H19FN2O2S/c20-13-6-8-14(9-7-13)24-11-10-22-12-21-18-17(19(22)23)15-4-2-1-3-5-16(15)25-18/h6-9,12H,1-5,10-11H2. The summed E-state index contributed by atoms with van der Waals surface area (Å²) >= 11 is 1.67. The van der Waals surface area contributed by atoms with E-state index in [9.17, 15) is 9.18 Å². The van der Waals surface area contributed by atoms with E-state index in [0.29, 0.717) is 18.9 Å². The molecule has 0 bridgehead atoms. The predicted octanol–water partition coefficient (Wildman–Crippen LogP) is 3.95. The van der Waals surface area contributed by atoms with Crippen LogP contribution < -0.4 is 10.3 Å². The summed E-state index contributed by atoms with van der Waals surface area (Å²) in [7, 11) is 0. The zero-order chi connectivity index (χ0) is 17.2. The molecule has 0 amide bonds. The maximum atomic E-state index is 12.9. The molecule has 0 fully saturated rings. The summed E-state index contributed by atoms with van der Waals surface area (Å²) in [6.07, 6.45) is 7.20. The molecule has 0 unspecified atom stereocenters. The molecule has 0 radical (unpaired) electrons. The van der Waals surface area contributed by atoms with E-state index in [4.69, 9.17) is 4.74 Å².